The molecule has 0 aromatic carbocycles. The highest BCUT2D eigenvalue weighted by atomic mass is 17.0. The van der Waals surface area contributed by atoms with Gasteiger partial charge in [-0.25, -0.2) is 4.84 Å². The third-order valence-corrected chi connectivity index (χ3v) is 0.972. The predicted octanol–water partition coefficient (Wildman–Crippen LogP) is 1.00. The Labute approximate surface area is 80.8 Å². The van der Waals surface area contributed by atoms with Crippen molar-refractivity contribution in [3.05, 3.63) is 10.1 Å². The fourth-order valence-electron chi connectivity index (χ4n) is 0.239. The average Bonchev–Trinajstić information content (AvgIpc) is 2.01. The highest BCUT2D eigenvalue weighted by Gasteiger charge is 2.11. The number of unbranched alkanes of at least 4 members (excludes halogenated alkanes) is 1. The number of carbonyl (C=O) groups excluding carboxylic acids is 1. The maximum atomic E-state index is 10.0. The number of aliphatic carboxylic acids is 1. The molecule has 82 valence electrons. The number of hydrogen-bond donors (Lipinski definition) is 1. The average molecular weight is 207 g/mol. The van der Waals surface area contributed by atoms with E-state index in [1.54, 1.807) is 0 Å². The first kappa shape index (κ1) is 14.8. The van der Waals surface area contributed by atoms with Gasteiger partial charge in [-0.15, -0.1) is 10.1 Å². The molecular formula is C7H13NO6. The van der Waals surface area contributed by atoms with Gasteiger partial charge in [0.1, 0.15) is 6.42 Å². The van der Waals surface area contributed by atoms with Gasteiger partial charge in [-0.1, -0.05) is 26.7 Å². The number of carboxylic acid groups (broad SMARTS) is 1. The molecule has 0 atom stereocenters. The maximum absolute atomic E-state index is 10.0. The van der Waals surface area contributed by atoms with Crippen LogP contribution in [0, 0.1) is 10.1 Å². The van der Waals surface area contributed by atoms with E-state index >= 15 is 0 Å². The van der Waals surface area contributed by atoms with E-state index in [1.807, 2.05) is 0 Å². The summed E-state index contributed by atoms with van der Waals surface area (Å²) in [6.45, 7) is 4.36. The zero-order valence-electron chi connectivity index (χ0n) is 8.06. The molecule has 0 bridgehead atoms. The first-order chi connectivity index (χ1) is 6.43. The quantitative estimate of drug-likeness (QED) is 0.418. The first-order valence-corrected chi connectivity index (χ1v) is 4.01. The Morgan fingerprint density at radius 1 is 1.36 bits per heavy atom. The molecule has 0 aliphatic rings. The van der Waals surface area contributed by atoms with Crippen LogP contribution in [-0.4, -0.2) is 22.1 Å². The summed E-state index contributed by atoms with van der Waals surface area (Å²) < 4.78 is 0. The van der Waals surface area contributed by atoms with Crippen LogP contribution >= 0.6 is 0 Å². The van der Waals surface area contributed by atoms with Gasteiger partial charge >= 0.3 is 17.0 Å². The Balaban J connectivity index is 0. The molecule has 0 fully saturated rings. The van der Waals surface area contributed by atoms with Gasteiger partial charge in [0.2, 0.25) is 0 Å². The molecule has 0 aromatic heterocycles. The molecule has 0 unspecified atom stereocenters. The Morgan fingerprint density at radius 2 is 1.79 bits per heavy atom. The molecule has 0 amide bonds. The highest BCUT2D eigenvalue weighted by Crippen LogP contribution is 1.85. The molecule has 7 heteroatoms. The summed E-state index contributed by atoms with van der Waals surface area (Å²) in [5.74, 6) is -2.86. The highest BCUT2D eigenvalue weighted by molar-refractivity contribution is 5.89. The number of nitrogens with zero attached hydrogens (tertiary/aromatic N) is 1. The van der Waals surface area contributed by atoms with E-state index in [2.05, 4.69) is 18.7 Å². The van der Waals surface area contributed by atoms with Gasteiger partial charge in [0, 0.05) is 0 Å². The van der Waals surface area contributed by atoms with Crippen LogP contribution in [0.25, 0.3) is 0 Å². The van der Waals surface area contributed by atoms with Crippen molar-refractivity contribution in [3.63, 3.8) is 0 Å². The lowest BCUT2D eigenvalue weighted by atomic mass is 10.4. The largest absolute Gasteiger partial charge is 0.481 e. The molecule has 0 aliphatic heterocycles. The Morgan fingerprint density at radius 3 is 2.00 bits per heavy atom. The Hall–Kier alpha value is -1.66. The molecule has 0 rings (SSSR count). The molecular weight excluding hydrogens is 194 g/mol. The zero-order chi connectivity index (χ0) is 11.6. The minimum atomic E-state index is -1.47. The number of carbonyl (C=O) groups is 2. The van der Waals surface area contributed by atoms with Crippen LogP contribution in [0.3, 0.4) is 0 Å². The van der Waals surface area contributed by atoms with E-state index in [9.17, 15) is 19.7 Å². The fourth-order valence-corrected chi connectivity index (χ4v) is 0.239. The summed E-state index contributed by atoms with van der Waals surface area (Å²) >= 11 is 0. The summed E-state index contributed by atoms with van der Waals surface area (Å²) in [5, 5.41) is 15.9. The van der Waals surface area contributed by atoms with E-state index in [0.717, 1.165) is 0 Å². The number of hydrogen-bond acceptors (Lipinski definition) is 5. The van der Waals surface area contributed by atoms with E-state index in [0.29, 0.717) is 0 Å². The van der Waals surface area contributed by atoms with Gasteiger partial charge in [-0.3, -0.25) is 9.59 Å². The van der Waals surface area contributed by atoms with Crippen molar-refractivity contribution in [2.24, 2.45) is 0 Å². The zero-order valence-corrected chi connectivity index (χ0v) is 8.06. The lowest BCUT2D eigenvalue weighted by molar-refractivity contribution is -0.729. The van der Waals surface area contributed by atoms with Crippen molar-refractivity contribution in [1.29, 1.82) is 0 Å². The van der Waals surface area contributed by atoms with Gasteiger partial charge in [-0.05, 0) is 0 Å². The smallest absolute Gasteiger partial charge is 0.314 e. The van der Waals surface area contributed by atoms with Crippen LogP contribution in [-0.2, 0) is 14.4 Å². The van der Waals surface area contributed by atoms with Crippen LogP contribution in [0.15, 0.2) is 0 Å². The Kier molecular flexibility index (Phi) is 10.00. The lowest BCUT2D eigenvalue weighted by Gasteiger charge is -1.90. The minimum Gasteiger partial charge on any atom is -0.481 e. The van der Waals surface area contributed by atoms with Crippen LogP contribution in [0.1, 0.15) is 33.1 Å². The molecule has 0 radical (unpaired) electrons. The molecule has 1 N–H and O–H groups in total. The van der Waals surface area contributed by atoms with Crippen LogP contribution < -0.4 is 0 Å². The summed E-state index contributed by atoms with van der Waals surface area (Å²) in [7, 11) is 0. The third-order valence-electron chi connectivity index (χ3n) is 0.972. The molecule has 0 aromatic rings. The Bertz CT molecular complexity index is 182. The monoisotopic (exact) mass is 207 g/mol. The molecule has 14 heavy (non-hydrogen) atoms. The normalized spacial score (nSPS) is 8.14. The minimum absolute atomic E-state index is 0.999. The van der Waals surface area contributed by atoms with Gasteiger partial charge in [0.15, 0.2) is 0 Å². The molecule has 0 heterocycles. The van der Waals surface area contributed by atoms with Crippen molar-refractivity contribution < 1.29 is 24.6 Å². The second-order valence-corrected chi connectivity index (χ2v) is 2.26. The van der Waals surface area contributed by atoms with Crippen LogP contribution in [0.4, 0.5) is 0 Å². The third kappa shape index (κ3) is 16.7. The van der Waals surface area contributed by atoms with E-state index in [1.165, 1.54) is 12.8 Å². The summed E-state index contributed by atoms with van der Waals surface area (Å²) in [6.07, 6.45) is 1.64. The molecule has 0 spiro atoms. The molecule has 0 aliphatic carbocycles. The molecule has 0 saturated heterocycles. The topological polar surface area (TPSA) is 107 Å². The van der Waals surface area contributed by atoms with Crippen LogP contribution in [0.5, 0.6) is 0 Å². The summed E-state index contributed by atoms with van der Waals surface area (Å²) in [6, 6.07) is 0. The summed E-state index contributed by atoms with van der Waals surface area (Å²) in [5.41, 5.74) is 0. The lowest BCUT2D eigenvalue weighted by Crippen LogP contribution is -2.13. The standard InChI is InChI=1S/C4H10.C3H3NO6/c1-3-4-2;5-2(6)1-3(7)10-4(8)9/h3-4H2,1-2H3;1H2,(H,5,6). The van der Waals surface area contributed by atoms with Gasteiger partial charge in [0.05, 0.1) is 0 Å². The molecule has 7 nitrogen and oxygen atoms in total. The SMILES string of the molecule is CCCC.O=C(O)CC(=O)O[N+](=O)[O-]. The fraction of sp³-hybridized carbons (Fsp3) is 0.714. The van der Waals surface area contributed by atoms with Crippen molar-refractivity contribution in [2.45, 2.75) is 33.1 Å². The second kappa shape index (κ2) is 9.43. The van der Waals surface area contributed by atoms with E-state index < -0.39 is 23.4 Å². The second-order valence-electron chi connectivity index (χ2n) is 2.26. The number of rotatable bonds is 4. The van der Waals surface area contributed by atoms with Crippen molar-refractivity contribution in [3.8, 4) is 0 Å². The summed E-state index contributed by atoms with van der Waals surface area (Å²) in [4.78, 5) is 32.3. The first-order valence-electron chi connectivity index (χ1n) is 4.01. The van der Waals surface area contributed by atoms with Crippen LogP contribution in [0.2, 0.25) is 0 Å². The van der Waals surface area contributed by atoms with Gasteiger partial charge in [-0.2, -0.15) is 0 Å². The molecule has 0 saturated carbocycles. The van der Waals surface area contributed by atoms with Gasteiger partial charge < -0.3 is 5.11 Å². The van der Waals surface area contributed by atoms with Crippen molar-refractivity contribution in [1.82, 2.24) is 0 Å². The van der Waals surface area contributed by atoms with Crippen molar-refractivity contribution >= 4 is 11.9 Å². The van der Waals surface area contributed by atoms with Gasteiger partial charge in [0.25, 0.3) is 0 Å². The van der Waals surface area contributed by atoms with E-state index in [4.69, 9.17) is 5.11 Å². The van der Waals surface area contributed by atoms with Crippen molar-refractivity contribution in [2.75, 3.05) is 0 Å². The number of carboxylic acids is 1. The van der Waals surface area contributed by atoms with E-state index in [-0.39, 0.29) is 0 Å². The predicted molar refractivity (Wildman–Crippen MR) is 45.9 cm³/mol. The maximum Gasteiger partial charge on any atom is 0.314 e.